The van der Waals surface area contributed by atoms with Gasteiger partial charge in [0.15, 0.2) is 17.4 Å². The van der Waals surface area contributed by atoms with Crippen molar-refractivity contribution in [1.82, 2.24) is 14.9 Å². The zero-order valence-electron chi connectivity index (χ0n) is 14.7. The molecule has 1 aliphatic heterocycles. The maximum Gasteiger partial charge on any atom is 0.289 e. The Bertz CT molecular complexity index is 973. The Morgan fingerprint density at radius 3 is 2.57 bits per heavy atom. The molecule has 0 radical (unpaired) electrons. The predicted octanol–water partition coefficient (Wildman–Crippen LogP) is 3.10. The van der Waals surface area contributed by atoms with E-state index in [4.69, 9.17) is 9.15 Å². The molecule has 1 aromatic carbocycles. The Balaban J connectivity index is 1.41. The quantitative estimate of drug-likeness (QED) is 0.686. The number of rotatable bonds is 4. The Morgan fingerprint density at radius 1 is 1.04 bits per heavy atom. The molecule has 7 nitrogen and oxygen atoms in total. The molecular weight excluding hydrogens is 370 g/mol. The average Bonchev–Trinajstić information content (AvgIpc) is 3.25. The third-order valence-electron chi connectivity index (χ3n) is 4.36. The van der Waals surface area contributed by atoms with Crippen LogP contribution in [0.4, 0.5) is 14.6 Å². The number of ether oxygens (including phenoxy) is 1. The summed E-state index contributed by atoms with van der Waals surface area (Å²) in [6.07, 6.45) is 2.81. The summed E-state index contributed by atoms with van der Waals surface area (Å²) >= 11 is 0. The SMILES string of the molecule is O=C(c1ccco1)N1CCN(c2cc(Oc3ccc(F)c(F)c3)ncn2)CC1. The van der Waals surface area contributed by atoms with Gasteiger partial charge in [0.25, 0.3) is 5.91 Å². The summed E-state index contributed by atoms with van der Waals surface area (Å²) in [4.78, 5) is 24.3. The fourth-order valence-electron chi connectivity index (χ4n) is 2.91. The highest BCUT2D eigenvalue weighted by Crippen LogP contribution is 2.24. The summed E-state index contributed by atoms with van der Waals surface area (Å²) in [6, 6.07) is 8.20. The molecule has 4 rings (SSSR count). The highest BCUT2D eigenvalue weighted by Gasteiger charge is 2.24. The van der Waals surface area contributed by atoms with Crippen LogP contribution in [-0.2, 0) is 0 Å². The van der Waals surface area contributed by atoms with E-state index in [0.29, 0.717) is 37.8 Å². The van der Waals surface area contributed by atoms with E-state index in [9.17, 15) is 13.6 Å². The number of carbonyl (C=O) groups excluding carboxylic acids is 1. The highest BCUT2D eigenvalue weighted by molar-refractivity contribution is 5.91. The Labute approximate surface area is 159 Å². The molecule has 0 aliphatic carbocycles. The van der Waals surface area contributed by atoms with Crippen molar-refractivity contribution in [2.75, 3.05) is 31.1 Å². The monoisotopic (exact) mass is 386 g/mol. The predicted molar refractivity (Wildman–Crippen MR) is 95.3 cm³/mol. The standard InChI is InChI=1S/C19H16F2N4O3/c20-14-4-3-13(10-15(14)21)28-18-11-17(22-12-23-18)24-5-7-25(8-6-24)19(26)16-2-1-9-27-16/h1-4,9-12H,5-8H2. The molecule has 144 valence electrons. The van der Waals surface area contributed by atoms with Gasteiger partial charge in [-0.05, 0) is 24.3 Å². The first-order valence-electron chi connectivity index (χ1n) is 8.63. The smallest absolute Gasteiger partial charge is 0.289 e. The van der Waals surface area contributed by atoms with E-state index in [-0.39, 0.29) is 17.5 Å². The minimum Gasteiger partial charge on any atom is -0.459 e. The molecule has 0 atom stereocenters. The van der Waals surface area contributed by atoms with Crippen molar-refractivity contribution < 1.29 is 22.7 Å². The van der Waals surface area contributed by atoms with Crippen LogP contribution in [-0.4, -0.2) is 47.0 Å². The molecule has 0 spiro atoms. The van der Waals surface area contributed by atoms with Gasteiger partial charge in [0.1, 0.15) is 17.9 Å². The third kappa shape index (κ3) is 3.78. The van der Waals surface area contributed by atoms with Gasteiger partial charge in [0.05, 0.1) is 6.26 Å². The van der Waals surface area contributed by atoms with Gasteiger partial charge in [-0.2, -0.15) is 0 Å². The molecule has 2 aromatic heterocycles. The van der Waals surface area contributed by atoms with Gasteiger partial charge in [-0.1, -0.05) is 0 Å². The van der Waals surface area contributed by atoms with E-state index < -0.39 is 11.6 Å². The van der Waals surface area contributed by atoms with Crippen molar-refractivity contribution in [3.05, 3.63) is 66.4 Å². The van der Waals surface area contributed by atoms with Crippen LogP contribution in [0.25, 0.3) is 0 Å². The van der Waals surface area contributed by atoms with Crippen LogP contribution in [0.3, 0.4) is 0 Å². The van der Waals surface area contributed by atoms with Crippen molar-refractivity contribution >= 4 is 11.7 Å². The zero-order chi connectivity index (χ0) is 19.5. The van der Waals surface area contributed by atoms with E-state index in [0.717, 1.165) is 12.1 Å². The van der Waals surface area contributed by atoms with E-state index in [1.54, 1.807) is 23.1 Å². The fourth-order valence-corrected chi connectivity index (χ4v) is 2.91. The number of nitrogens with zero attached hydrogens (tertiary/aromatic N) is 4. The summed E-state index contributed by atoms with van der Waals surface area (Å²) in [7, 11) is 0. The first kappa shape index (κ1) is 17.9. The zero-order valence-corrected chi connectivity index (χ0v) is 14.7. The maximum atomic E-state index is 13.3. The van der Waals surface area contributed by atoms with Crippen LogP contribution in [0, 0.1) is 11.6 Å². The van der Waals surface area contributed by atoms with Crippen LogP contribution in [0.1, 0.15) is 10.6 Å². The van der Waals surface area contributed by atoms with Gasteiger partial charge in [0.2, 0.25) is 5.88 Å². The van der Waals surface area contributed by atoms with Gasteiger partial charge in [-0.25, -0.2) is 18.7 Å². The average molecular weight is 386 g/mol. The van der Waals surface area contributed by atoms with Gasteiger partial charge in [0, 0.05) is 38.3 Å². The topological polar surface area (TPSA) is 71.7 Å². The minimum atomic E-state index is -0.996. The summed E-state index contributed by atoms with van der Waals surface area (Å²) in [5.41, 5.74) is 0. The molecule has 3 aromatic rings. The molecule has 0 N–H and O–H groups in total. The molecule has 1 fully saturated rings. The number of benzene rings is 1. The molecule has 9 heteroatoms. The van der Waals surface area contributed by atoms with Gasteiger partial charge in [-0.3, -0.25) is 4.79 Å². The molecular formula is C19H16F2N4O3. The van der Waals surface area contributed by atoms with Gasteiger partial charge in [-0.15, -0.1) is 0 Å². The number of hydrogen-bond donors (Lipinski definition) is 0. The van der Waals surface area contributed by atoms with E-state index in [2.05, 4.69) is 9.97 Å². The van der Waals surface area contributed by atoms with E-state index in [1.165, 1.54) is 18.7 Å². The normalized spacial score (nSPS) is 14.2. The number of amides is 1. The molecule has 0 bridgehead atoms. The lowest BCUT2D eigenvalue weighted by molar-refractivity contribution is 0.0714. The number of furan rings is 1. The first-order chi connectivity index (χ1) is 13.6. The Morgan fingerprint density at radius 2 is 1.86 bits per heavy atom. The lowest BCUT2D eigenvalue weighted by Gasteiger charge is -2.34. The molecule has 1 saturated heterocycles. The lowest BCUT2D eigenvalue weighted by atomic mass is 10.3. The number of carbonyl (C=O) groups is 1. The lowest BCUT2D eigenvalue weighted by Crippen LogP contribution is -2.49. The third-order valence-corrected chi connectivity index (χ3v) is 4.36. The number of piperazine rings is 1. The number of aromatic nitrogens is 2. The van der Waals surface area contributed by atoms with Gasteiger partial charge < -0.3 is 19.0 Å². The minimum absolute atomic E-state index is 0.136. The molecule has 0 saturated carbocycles. The van der Waals surface area contributed by atoms with Crippen LogP contribution in [0.5, 0.6) is 11.6 Å². The van der Waals surface area contributed by atoms with Crippen molar-refractivity contribution in [1.29, 1.82) is 0 Å². The van der Waals surface area contributed by atoms with Crippen LogP contribution < -0.4 is 9.64 Å². The second kappa shape index (κ2) is 7.63. The van der Waals surface area contributed by atoms with Crippen molar-refractivity contribution in [3.63, 3.8) is 0 Å². The Kier molecular flexibility index (Phi) is 4.88. The maximum absolute atomic E-state index is 13.3. The van der Waals surface area contributed by atoms with Gasteiger partial charge >= 0.3 is 0 Å². The van der Waals surface area contributed by atoms with Crippen LogP contribution >= 0.6 is 0 Å². The summed E-state index contributed by atoms with van der Waals surface area (Å²) in [5.74, 6) is -0.797. The molecule has 1 aliphatic rings. The largest absolute Gasteiger partial charge is 0.459 e. The summed E-state index contributed by atoms with van der Waals surface area (Å²) in [5, 5.41) is 0. The molecule has 28 heavy (non-hydrogen) atoms. The van der Waals surface area contributed by atoms with E-state index in [1.807, 2.05) is 4.90 Å². The van der Waals surface area contributed by atoms with Crippen molar-refractivity contribution in [2.45, 2.75) is 0 Å². The highest BCUT2D eigenvalue weighted by atomic mass is 19.2. The molecule has 3 heterocycles. The Hall–Kier alpha value is -3.49. The summed E-state index contributed by atoms with van der Waals surface area (Å²) in [6.45, 7) is 2.19. The van der Waals surface area contributed by atoms with E-state index >= 15 is 0 Å². The number of halogens is 2. The fraction of sp³-hybridized carbons (Fsp3) is 0.211. The second-order valence-electron chi connectivity index (χ2n) is 6.15. The van der Waals surface area contributed by atoms with Crippen LogP contribution in [0.15, 0.2) is 53.4 Å². The van der Waals surface area contributed by atoms with Crippen molar-refractivity contribution in [3.8, 4) is 11.6 Å². The molecule has 1 amide bonds. The number of hydrogen-bond acceptors (Lipinski definition) is 6. The first-order valence-corrected chi connectivity index (χ1v) is 8.63. The van der Waals surface area contributed by atoms with Crippen LogP contribution in [0.2, 0.25) is 0 Å². The number of anilines is 1. The summed E-state index contributed by atoms with van der Waals surface area (Å²) < 4.78 is 37.0. The van der Waals surface area contributed by atoms with Crippen molar-refractivity contribution in [2.24, 2.45) is 0 Å². The second-order valence-corrected chi connectivity index (χ2v) is 6.15. The molecule has 0 unspecified atom stereocenters.